The summed E-state index contributed by atoms with van der Waals surface area (Å²) in [5, 5.41) is 0.279. The molecule has 0 radical (unpaired) electrons. The first-order chi connectivity index (χ1) is 12.6. The van der Waals surface area contributed by atoms with Crippen molar-refractivity contribution >= 4 is 54.0 Å². The number of benzene rings is 2. The number of rotatable bonds is 2. The van der Waals surface area contributed by atoms with Gasteiger partial charge in [-0.3, -0.25) is 0 Å². The molecule has 2 aliphatic rings. The van der Waals surface area contributed by atoms with Crippen LogP contribution in [0.3, 0.4) is 0 Å². The van der Waals surface area contributed by atoms with Gasteiger partial charge in [0.05, 0.1) is 0 Å². The van der Waals surface area contributed by atoms with Gasteiger partial charge in [0, 0.05) is 19.4 Å². The molecule has 2 unspecified atom stereocenters. The lowest BCUT2D eigenvalue weighted by atomic mass is 10.1. The minimum Gasteiger partial charge on any atom is -0.226 e. The van der Waals surface area contributed by atoms with E-state index in [4.69, 9.17) is 0 Å². The third-order valence-electron chi connectivity index (χ3n) is 5.60. The molecule has 2 atom stereocenters. The van der Waals surface area contributed by atoms with Crippen LogP contribution in [0.4, 0.5) is 8.78 Å². The maximum atomic E-state index is 14.2. The van der Waals surface area contributed by atoms with E-state index in [1.807, 2.05) is 0 Å². The highest BCUT2D eigenvalue weighted by Crippen LogP contribution is 2.72. The standard InChI is InChI=1S/C22H20Br2F2S/c1-11-5-15-17(7-13(25)9-19(15)23)21(11)27(3,4)22-12(2)6-16-18(22)8-14(26)10-20(16)24/h5-10,21-22H,1-4H3. The maximum Gasteiger partial charge on any atom is 0.124 e. The Balaban J connectivity index is 1.88. The zero-order chi connectivity index (χ0) is 19.7. The van der Waals surface area contributed by atoms with Crippen molar-refractivity contribution < 1.29 is 8.78 Å². The van der Waals surface area contributed by atoms with Gasteiger partial charge in [-0.1, -0.05) is 55.2 Å². The van der Waals surface area contributed by atoms with Gasteiger partial charge in [-0.15, -0.1) is 0 Å². The zero-order valence-electron chi connectivity index (χ0n) is 15.5. The fraction of sp³-hybridized carbons (Fsp3) is 0.273. The second-order valence-corrected chi connectivity index (χ2v) is 13.4. The van der Waals surface area contributed by atoms with Gasteiger partial charge in [-0.2, -0.15) is 0 Å². The average Bonchev–Trinajstić information content (AvgIpc) is 3.04. The lowest BCUT2D eigenvalue weighted by Crippen LogP contribution is -2.17. The van der Waals surface area contributed by atoms with Crippen LogP contribution in [0.15, 0.2) is 44.4 Å². The zero-order valence-corrected chi connectivity index (χ0v) is 19.5. The Hall–Kier alpha value is -0.910. The van der Waals surface area contributed by atoms with Crippen LogP contribution in [0, 0.1) is 11.6 Å². The molecule has 5 heteroatoms. The number of fused-ring (bicyclic) bond motifs is 2. The largest absolute Gasteiger partial charge is 0.226 e. The van der Waals surface area contributed by atoms with Crippen molar-refractivity contribution in [3.05, 3.63) is 78.2 Å². The van der Waals surface area contributed by atoms with Gasteiger partial charge in [0.15, 0.2) is 0 Å². The average molecular weight is 514 g/mol. The van der Waals surface area contributed by atoms with Crippen LogP contribution in [0.2, 0.25) is 0 Å². The molecule has 2 aliphatic carbocycles. The molecule has 0 amide bonds. The van der Waals surface area contributed by atoms with Gasteiger partial charge in [0.2, 0.25) is 0 Å². The topological polar surface area (TPSA) is 0 Å². The number of halogens is 4. The monoisotopic (exact) mass is 512 g/mol. The highest BCUT2D eigenvalue weighted by atomic mass is 79.9. The molecule has 0 saturated carbocycles. The molecule has 0 nitrogen and oxygen atoms in total. The summed E-state index contributed by atoms with van der Waals surface area (Å²) < 4.78 is 30.0. The van der Waals surface area contributed by atoms with E-state index in [0.29, 0.717) is 0 Å². The van der Waals surface area contributed by atoms with Crippen LogP contribution in [0.25, 0.3) is 12.2 Å². The van der Waals surface area contributed by atoms with Crippen molar-refractivity contribution in [2.45, 2.75) is 24.3 Å². The highest BCUT2D eigenvalue weighted by molar-refractivity contribution is 9.10. The van der Waals surface area contributed by atoms with Gasteiger partial charge in [0.1, 0.15) is 11.6 Å². The van der Waals surface area contributed by atoms with E-state index >= 15 is 0 Å². The highest BCUT2D eigenvalue weighted by Gasteiger charge is 2.42. The first-order valence-corrected chi connectivity index (χ1v) is 12.8. The molecule has 0 spiro atoms. The van der Waals surface area contributed by atoms with Crippen LogP contribution in [-0.2, 0) is 0 Å². The van der Waals surface area contributed by atoms with Crippen LogP contribution >= 0.6 is 41.9 Å². The fourth-order valence-electron chi connectivity index (χ4n) is 4.79. The Labute approximate surface area is 177 Å². The molecule has 0 bridgehead atoms. The number of hydrogen-bond acceptors (Lipinski definition) is 0. The molecule has 142 valence electrons. The predicted molar refractivity (Wildman–Crippen MR) is 120 cm³/mol. The van der Waals surface area contributed by atoms with Crippen molar-refractivity contribution in [1.29, 1.82) is 0 Å². The molecule has 0 aromatic heterocycles. The van der Waals surface area contributed by atoms with E-state index < -0.39 is 10.0 Å². The van der Waals surface area contributed by atoms with Crippen LogP contribution in [-0.4, -0.2) is 12.5 Å². The molecule has 0 saturated heterocycles. The molecular formula is C22H20Br2F2S. The Morgan fingerprint density at radius 1 is 0.741 bits per heavy atom. The van der Waals surface area contributed by atoms with Gasteiger partial charge in [-0.05, 0) is 72.9 Å². The molecular weight excluding hydrogens is 494 g/mol. The van der Waals surface area contributed by atoms with Crippen LogP contribution in [0.1, 0.15) is 46.6 Å². The minimum atomic E-state index is -1.34. The molecule has 27 heavy (non-hydrogen) atoms. The molecule has 0 aliphatic heterocycles. The second-order valence-electron chi connectivity index (χ2n) is 7.80. The molecule has 0 heterocycles. The van der Waals surface area contributed by atoms with E-state index in [2.05, 4.69) is 70.4 Å². The van der Waals surface area contributed by atoms with E-state index in [-0.39, 0.29) is 22.1 Å². The summed E-state index contributed by atoms with van der Waals surface area (Å²) in [4.78, 5) is 0. The summed E-state index contributed by atoms with van der Waals surface area (Å²) in [6, 6.07) is 6.39. The minimum absolute atomic E-state index is 0.140. The Morgan fingerprint density at radius 3 is 1.48 bits per heavy atom. The summed E-state index contributed by atoms with van der Waals surface area (Å²) in [5.41, 5.74) is 6.70. The summed E-state index contributed by atoms with van der Waals surface area (Å²) >= 11 is 7.04. The van der Waals surface area contributed by atoms with Crippen LogP contribution < -0.4 is 0 Å². The third-order valence-corrected chi connectivity index (χ3v) is 10.6. The lowest BCUT2D eigenvalue weighted by Gasteiger charge is -2.46. The molecule has 0 fully saturated rings. The second kappa shape index (κ2) is 6.57. The smallest absolute Gasteiger partial charge is 0.124 e. The molecule has 2 aromatic rings. The van der Waals surface area contributed by atoms with E-state index in [1.165, 1.54) is 23.3 Å². The van der Waals surface area contributed by atoms with Gasteiger partial charge in [-0.25, -0.2) is 18.8 Å². The normalized spacial score (nSPS) is 21.6. The van der Waals surface area contributed by atoms with E-state index in [1.54, 1.807) is 12.1 Å². The van der Waals surface area contributed by atoms with Gasteiger partial charge in [0.25, 0.3) is 0 Å². The summed E-state index contributed by atoms with van der Waals surface area (Å²) in [7, 11) is -1.34. The van der Waals surface area contributed by atoms with Crippen molar-refractivity contribution in [1.82, 2.24) is 0 Å². The van der Waals surface area contributed by atoms with Crippen LogP contribution in [0.5, 0.6) is 0 Å². The summed E-state index contributed by atoms with van der Waals surface area (Å²) in [6.45, 7) is 4.25. The molecule has 4 rings (SSSR count). The quantitative estimate of drug-likeness (QED) is 0.379. The first kappa shape index (κ1) is 19.4. The molecule has 0 N–H and O–H groups in total. The maximum absolute atomic E-state index is 14.2. The first-order valence-electron chi connectivity index (χ1n) is 8.66. The predicted octanol–water partition coefficient (Wildman–Crippen LogP) is 8.17. The summed E-state index contributed by atoms with van der Waals surface area (Å²) in [5.74, 6) is -0.450. The number of hydrogen-bond donors (Lipinski definition) is 0. The van der Waals surface area contributed by atoms with Gasteiger partial charge < -0.3 is 0 Å². The Bertz CT molecular complexity index is 956. The van der Waals surface area contributed by atoms with E-state index in [9.17, 15) is 8.78 Å². The van der Waals surface area contributed by atoms with E-state index in [0.717, 1.165) is 31.2 Å². The summed E-state index contributed by atoms with van der Waals surface area (Å²) in [6.07, 6.45) is 8.90. The SMILES string of the molecule is CC1=Cc2c(Br)cc(F)cc2C1S(C)(C)C1C(C)=Cc2c(Br)cc(F)cc21. The molecule has 2 aromatic carbocycles. The Kier molecular flexibility index (Phi) is 4.72. The van der Waals surface area contributed by atoms with Gasteiger partial charge >= 0.3 is 0 Å². The van der Waals surface area contributed by atoms with Crippen molar-refractivity contribution in [2.24, 2.45) is 0 Å². The fourth-order valence-corrected chi connectivity index (χ4v) is 9.94. The third kappa shape index (κ3) is 2.97. The van der Waals surface area contributed by atoms with Crippen molar-refractivity contribution in [3.63, 3.8) is 0 Å². The van der Waals surface area contributed by atoms with Crippen molar-refractivity contribution in [2.75, 3.05) is 12.5 Å². The lowest BCUT2D eigenvalue weighted by molar-refractivity contribution is 0.625. The Morgan fingerprint density at radius 2 is 1.11 bits per heavy atom. The van der Waals surface area contributed by atoms with Crippen molar-refractivity contribution in [3.8, 4) is 0 Å².